The zero-order valence-electron chi connectivity index (χ0n) is 14.4. The van der Waals surface area contributed by atoms with Crippen molar-refractivity contribution in [2.45, 2.75) is 26.0 Å². The molecule has 0 aliphatic carbocycles. The first-order chi connectivity index (χ1) is 12.6. The third-order valence-electron chi connectivity index (χ3n) is 3.85. The van der Waals surface area contributed by atoms with Crippen LogP contribution in [0.3, 0.4) is 0 Å². The highest BCUT2D eigenvalue weighted by Gasteiger charge is 2.15. The molecular formula is C20H20ClN3O2. The molecule has 0 aliphatic heterocycles. The molecule has 0 saturated carbocycles. The van der Waals surface area contributed by atoms with E-state index in [0.717, 1.165) is 13.0 Å². The van der Waals surface area contributed by atoms with Gasteiger partial charge in [-0.05, 0) is 37.1 Å². The Morgan fingerprint density at radius 1 is 1.23 bits per heavy atom. The van der Waals surface area contributed by atoms with Crippen molar-refractivity contribution in [3.05, 3.63) is 77.6 Å². The summed E-state index contributed by atoms with van der Waals surface area (Å²) in [4.78, 5) is 12.3. The van der Waals surface area contributed by atoms with Gasteiger partial charge in [0.15, 0.2) is 6.10 Å². The molecule has 0 aliphatic rings. The highest BCUT2D eigenvalue weighted by molar-refractivity contribution is 6.30. The van der Waals surface area contributed by atoms with Gasteiger partial charge < -0.3 is 10.1 Å². The van der Waals surface area contributed by atoms with Gasteiger partial charge in [0.25, 0.3) is 5.91 Å². The predicted octanol–water partition coefficient (Wildman–Crippen LogP) is 4.19. The van der Waals surface area contributed by atoms with Crippen LogP contribution in [0.1, 0.15) is 12.5 Å². The van der Waals surface area contributed by atoms with Gasteiger partial charge in [-0.1, -0.05) is 48.0 Å². The van der Waals surface area contributed by atoms with Gasteiger partial charge in [0.05, 0.1) is 11.9 Å². The van der Waals surface area contributed by atoms with Crippen LogP contribution in [-0.2, 0) is 17.8 Å². The molecule has 1 atom stereocenters. The molecule has 1 aromatic heterocycles. The normalized spacial score (nSPS) is 11.8. The van der Waals surface area contributed by atoms with E-state index in [4.69, 9.17) is 16.3 Å². The molecule has 0 radical (unpaired) electrons. The number of aromatic nitrogens is 2. The van der Waals surface area contributed by atoms with E-state index in [-0.39, 0.29) is 5.91 Å². The maximum Gasteiger partial charge on any atom is 0.265 e. The molecular weight excluding hydrogens is 350 g/mol. The molecule has 1 heterocycles. The number of aryl methyl sites for hydroxylation is 2. The number of hydrogen-bond acceptors (Lipinski definition) is 3. The Bertz CT molecular complexity index is 864. The lowest BCUT2D eigenvalue weighted by atomic mass is 10.1. The molecule has 0 bridgehead atoms. The fourth-order valence-electron chi connectivity index (χ4n) is 2.48. The molecule has 2 aromatic carbocycles. The van der Waals surface area contributed by atoms with Gasteiger partial charge in [0.1, 0.15) is 5.75 Å². The van der Waals surface area contributed by atoms with Crippen LogP contribution in [0, 0.1) is 0 Å². The number of anilines is 1. The smallest absolute Gasteiger partial charge is 0.265 e. The largest absolute Gasteiger partial charge is 0.481 e. The SMILES string of the molecule is CC(Oc1cccc(Cl)c1)C(=O)Nc1cnn(CCc2ccccc2)c1. The fourth-order valence-corrected chi connectivity index (χ4v) is 2.66. The van der Waals surface area contributed by atoms with Gasteiger partial charge in [0.2, 0.25) is 0 Å². The number of amides is 1. The van der Waals surface area contributed by atoms with Crippen molar-refractivity contribution in [2.75, 3.05) is 5.32 Å². The number of rotatable bonds is 7. The van der Waals surface area contributed by atoms with E-state index < -0.39 is 6.10 Å². The molecule has 1 N–H and O–H groups in total. The minimum Gasteiger partial charge on any atom is -0.481 e. The molecule has 134 valence electrons. The minimum atomic E-state index is -0.652. The molecule has 5 nitrogen and oxygen atoms in total. The monoisotopic (exact) mass is 369 g/mol. The van der Waals surface area contributed by atoms with Crippen LogP contribution >= 0.6 is 11.6 Å². The van der Waals surface area contributed by atoms with Gasteiger partial charge in [-0.15, -0.1) is 0 Å². The van der Waals surface area contributed by atoms with E-state index >= 15 is 0 Å². The maximum absolute atomic E-state index is 12.3. The average molecular weight is 370 g/mol. The molecule has 26 heavy (non-hydrogen) atoms. The summed E-state index contributed by atoms with van der Waals surface area (Å²) in [5, 5.41) is 7.66. The Morgan fingerprint density at radius 2 is 2.04 bits per heavy atom. The molecule has 0 fully saturated rings. The van der Waals surface area contributed by atoms with Crippen LogP contribution < -0.4 is 10.1 Å². The molecule has 0 saturated heterocycles. The van der Waals surface area contributed by atoms with Crippen LogP contribution in [0.4, 0.5) is 5.69 Å². The first kappa shape index (κ1) is 18.0. The fraction of sp³-hybridized carbons (Fsp3) is 0.200. The molecule has 6 heteroatoms. The Labute approximate surface area is 157 Å². The summed E-state index contributed by atoms with van der Waals surface area (Å²) >= 11 is 5.92. The quantitative estimate of drug-likeness (QED) is 0.679. The van der Waals surface area contributed by atoms with E-state index in [1.54, 1.807) is 37.4 Å². The molecule has 1 unspecified atom stereocenters. The standard InChI is InChI=1S/C20H20ClN3O2/c1-15(26-19-9-5-8-17(21)12-19)20(25)23-18-13-22-24(14-18)11-10-16-6-3-2-4-7-16/h2-9,12-15H,10-11H2,1H3,(H,23,25). The molecule has 3 aromatic rings. The summed E-state index contributed by atoms with van der Waals surface area (Å²) in [7, 11) is 0. The van der Waals surface area contributed by atoms with Crippen LogP contribution in [0.15, 0.2) is 67.0 Å². The van der Waals surface area contributed by atoms with Crippen molar-refractivity contribution in [1.82, 2.24) is 9.78 Å². The topological polar surface area (TPSA) is 56.1 Å². The molecule has 3 rings (SSSR count). The summed E-state index contributed by atoms with van der Waals surface area (Å²) in [6.45, 7) is 2.44. The number of nitrogens with zero attached hydrogens (tertiary/aromatic N) is 2. The second-order valence-electron chi connectivity index (χ2n) is 5.93. The lowest BCUT2D eigenvalue weighted by Gasteiger charge is -2.14. The van der Waals surface area contributed by atoms with Gasteiger partial charge >= 0.3 is 0 Å². The summed E-state index contributed by atoms with van der Waals surface area (Å²) < 4.78 is 7.43. The zero-order valence-corrected chi connectivity index (χ0v) is 15.2. The van der Waals surface area contributed by atoms with Crippen molar-refractivity contribution >= 4 is 23.2 Å². The number of halogens is 1. The molecule has 0 spiro atoms. The van der Waals surface area contributed by atoms with Crippen molar-refractivity contribution in [1.29, 1.82) is 0 Å². The Kier molecular flexibility index (Phi) is 5.92. The van der Waals surface area contributed by atoms with Gasteiger partial charge in [0, 0.05) is 17.8 Å². The number of hydrogen-bond donors (Lipinski definition) is 1. The van der Waals surface area contributed by atoms with Crippen LogP contribution in [0.5, 0.6) is 5.75 Å². The van der Waals surface area contributed by atoms with Crippen molar-refractivity contribution in [3.63, 3.8) is 0 Å². The van der Waals surface area contributed by atoms with E-state index in [1.807, 2.05) is 29.1 Å². The summed E-state index contributed by atoms with van der Waals surface area (Å²) in [6.07, 6.45) is 3.67. The first-order valence-corrected chi connectivity index (χ1v) is 8.77. The summed E-state index contributed by atoms with van der Waals surface area (Å²) in [5.74, 6) is 0.311. The van der Waals surface area contributed by atoms with Crippen molar-refractivity contribution in [2.24, 2.45) is 0 Å². The lowest BCUT2D eigenvalue weighted by Crippen LogP contribution is -2.30. The van der Waals surface area contributed by atoms with Gasteiger partial charge in [-0.25, -0.2) is 0 Å². The van der Waals surface area contributed by atoms with Crippen LogP contribution in [0.2, 0.25) is 5.02 Å². The Morgan fingerprint density at radius 3 is 2.81 bits per heavy atom. The summed E-state index contributed by atoms with van der Waals surface area (Å²) in [6, 6.07) is 17.2. The number of benzene rings is 2. The van der Waals surface area contributed by atoms with Crippen LogP contribution in [-0.4, -0.2) is 21.8 Å². The van der Waals surface area contributed by atoms with E-state index in [2.05, 4.69) is 22.5 Å². The third kappa shape index (κ3) is 5.10. The Hall–Kier alpha value is -2.79. The summed E-state index contributed by atoms with van der Waals surface area (Å²) in [5.41, 5.74) is 1.89. The highest BCUT2D eigenvalue weighted by atomic mass is 35.5. The minimum absolute atomic E-state index is 0.243. The van der Waals surface area contributed by atoms with Gasteiger partial charge in [-0.2, -0.15) is 5.10 Å². The number of nitrogens with one attached hydrogen (secondary N) is 1. The van der Waals surface area contributed by atoms with Crippen LogP contribution in [0.25, 0.3) is 0 Å². The lowest BCUT2D eigenvalue weighted by molar-refractivity contribution is -0.122. The van der Waals surface area contributed by atoms with Crippen molar-refractivity contribution < 1.29 is 9.53 Å². The van der Waals surface area contributed by atoms with E-state index in [1.165, 1.54) is 5.56 Å². The number of ether oxygens (including phenoxy) is 1. The second kappa shape index (κ2) is 8.54. The Balaban J connectivity index is 1.52. The van der Waals surface area contributed by atoms with Crippen molar-refractivity contribution in [3.8, 4) is 5.75 Å². The van der Waals surface area contributed by atoms with E-state index in [0.29, 0.717) is 16.5 Å². The first-order valence-electron chi connectivity index (χ1n) is 8.39. The average Bonchev–Trinajstić information content (AvgIpc) is 3.08. The zero-order chi connectivity index (χ0) is 18.4. The maximum atomic E-state index is 12.3. The number of carbonyl (C=O) groups is 1. The number of carbonyl (C=O) groups excluding carboxylic acids is 1. The highest BCUT2D eigenvalue weighted by Crippen LogP contribution is 2.18. The van der Waals surface area contributed by atoms with Gasteiger partial charge in [-0.3, -0.25) is 9.48 Å². The van der Waals surface area contributed by atoms with E-state index in [9.17, 15) is 4.79 Å². The molecule has 1 amide bonds. The second-order valence-corrected chi connectivity index (χ2v) is 6.37. The third-order valence-corrected chi connectivity index (χ3v) is 4.09. The predicted molar refractivity (Wildman–Crippen MR) is 103 cm³/mol.